The average Bonchev–Trinajstić information content (AvgIpc) is 2.07. The Labute approximate surface area is 85.9 Å². The first kappa shape index (κ1) is 11.0. The highest BCUT2D eigenvalue weighted by molar-refractivity contribution is 5.85. The maximum Gasteiger partial charge on any atom is 0.136 e. The summed E-state index contributed by atoms with van der Waals surface area (Å²) in [6.07, 6.45) is 4.29. The number of piperidine rings is 1. The van der Waals surface area contributed by atoms with Crippen molar-refractivity contribution in [1.82, 2.24) is 5.32 Å². The van der Waals surface area contributed by atoms with Crippen LogP contribution in [0.25, 0.3) is 0 Å². The van der Waals surface area contributed by atoms with E-state index in [0.29, 0.717) is 23.7 Å². The molecule has 13 heavy (non-hydrogen) atoms. The molecule has 1 aliphatic carbocycles. The minimum Gasteiger partial charge on any atom is -0.314 e. The van der Waals surface area contributed by atoms with E-state index in [4.69, 9.17) is 0 Å². The third kappa shape index (κ3) is 2.05. The predicted molar refractivity (Wildman–Crippen MR) is 55.2 cm³/mol. The molecule has 3 heteroatoms. The number of carbonyl (C=O) groups is 1. The maximum atomic E-state index is 11.5. The number of hydrogen-bond donors (Lipinski definition) is 1. The van der Waals surface area contributed by atoms with E-state index in [1.165, 1.54) is 6.42 Å². The molecule has 0 aromatic rings. The van der Waals surface area contributed by atoms with Gasteiger partial charge in [0.25, 0.3) is 0 Å². The van der Waals surface area contributed by atoms with Crippen LogP contribution in [-0.4, -0.2) is 18.4 Å². The summed E-state index contributed by atoms with van der Waals surface area (Å²) in [6.45, 7) is 3.25. The summed E-state index contributed by atoms with van der Waals surface area (Å²) >= 11 is 0. The molecule has 0 amide bonds. The number of rotatable bonds is 0. The number of hydrogen-bond acceptors (Lipinski definition) is 2. The molecule has 2 rings (SSSR count). The van der Waals surface area contributed by atoms with Gasteiger partial charge in [-0.25, -0.2) is 0 Å². The van der Waals surface area contributed by atoms with E-state index in [1.54, 1.807) is 0 Å². The molecule has 2 fully saturated rings. The standard InChI is InChI=1S/C10H17NO.ClH/c1-7-8-3-2-4-10(12)9(8)5-6-11-7;/h7-9,11H,2-6H2,1H3;1H/t7-,8?,9?;/m0./s1. The molecule has 1 aliphatic heterocycles. The fourth-order valence-corrected chi connectivity index (χ4v) is 2.73. The van der Waals surface area contributed by atoms with Crippen molar-refractivity contribution >= 4 is 18.2 Å². The zero-order valence-electron chi connectivity index (χ0n) is 8.08. The van der Waals surface area contributed by atoms with Gasteiger partial charge in [0.2, 0.25) is 0 Å². The lowest BCUT2D eigenvalue weighted by molar-refractivity contribution is -0.128. The van der Waals surface area contributed by atoms with Crippen LogP contribution in [0.3, 0.4) is 0 Å². The molecular weight excluding hydrogens is 186 g/mol. The van der Waals surface area contributed by atoms with Crippen LogP contribution >= 0.6 is 12.4 Å². The molecule has 2 unspecified atom stereocenters. The molecule has 0 bridgehead atoms. The zero-order valence-corrected chi connectivity index (χ0v) is 8.90. The van der Waals surface area contributed by atoms with Crippen LogP contribution in [0.5, 0.6) is 0 Å². The normalized spacial score (nSPS) is 39.2. The number of ketones is 1. The number of fused-ring (bicyclic) bond motifs is 1. The molecule has 1 saturated heterocycles. The van der Waals surface area contributed by atoms with E-state index in [-0.39, 0.29) is 12.4 Å². The summed E-state index contributed by atoms with van der Waals surface area (Å²) in [7, 11) is 0. The van der Waals surface area contributed by atoms with Gasteiger partial charge in [0, 0.05) is 18.4 Å². The third-order valence-electron chi connectivity index (χ3n) is 3.45. The molecule has 3 atom stereocenters. The van der Waals surface area contributed by atoms with Crippen LogP contribution in [0.15, 0.2) is 0 Å². The van der Waals surface area contributed by atoms with Crippen LogP contribution in [0.2, 0.25) is 0 Å². The molecule has 1 N–H and O–H groups in total. The SMILES string of the molecule is C[C@@H]1NCCC2C(=O)CCCC21.Cl. The Morgan fingerprint density at radius 1 is 1.38 bits per heavy atom. The van der Waals surface area contributed by atoms with Crippen molar-refractivity contribution in [3.05, 3.63) is 0 Å². The predicted octanol–water partition coefficient (Wildman–Crippen LogP) is 1.78. The van der Waals surface area contributed by atoms with Crippen LogP contribution in [0.1, 0.15) is 32.6 Å². The van der Waals surface area contributed by atoms with Crippen molar-refractivity contribution in [3.8, 4) is 0 Å². The first-order chi connectivity index (χ1) is 5.79. The van der Waals surface area contributed by atoms with Gasteiger partial charge >= 0.3 is 0 Å². The Morgan fingerprint density at radius 2 is 2.15 bits per heavy atom. The van der Waals surface area contributed by atoms with E-state index in [9.17, 15) is 4.79 Å². The highest BCUT2D eigenvalue weighted by Crippen LogP contribution is 2.34. The topological polar surface area (TPSA) is 29.1 Å². The Hall–Kier alpha value is -0.0800. The lowest BCUT2D eigenvalue weighted by Gasteiger charge is -2.39. The molecule has 0 aromatic heterocycles. The Morgan fingerprint density at radius 3 is 2.85 bits per heavy atom. The summed E-state index contributed by atoms with van der Waals surface area (Å²) in [4.78, 5) is 11.5. The largest absolute Gasteiger partial charge is 0.314 e. The van der Waals surface area contributed by atoms with Crippen molar-refractivity contribution in [2.75, 3.05) is 6.54 Å². The lowest BCUT2D eigenvalue weighted by atomic mass is 9.71. The second kappa shape index (κ2) is 4.43. The molecule has 2 aliphatic rings. The van der Waals surface area contributed by atoms with E-state index in [0.717, 1.165) is 25.8 Å². The molecule has 0 spiro atoms. The van der Waals surface area contributed by atoms with E-state index in [2.05, 4.69) is 12.2 Å². The fraction of sp³-hybridized carbons (Fsp3) is 0.900. The summed E-state index contributed by atoms with van der Waals surface area (Å²) in [5, 5.41) is 3.45. The van der Waals surface area contributed by atoms with Gasteiger partial charge in [-0.3, -0.25) is 4.79 Å². The van der Waals surface area contributed by atoms with E-state index < -0.39 is 0 Å². The van der Waals surface area contributed by atoms with Crippen molar-refractivity contribution < 1.29 is 4.79 Å². The zero-order chi connectivity index (χ0) is 8.55. The Kier molecular flexibility index (Phi) is 3.74. The molecule has 76 valence electrons. The molecule has 1 heterocycles. The van der Waals surface area contributed by atoms with E-state index >= 15 is 0 Å². The fourth-order valence-electron chi connectivity index (χ4n) is 2.73. The second-order valence-electron chi connectivity index (χ2n) is 4.16. The van der Waals surface area contributed by atoms with Gasteiger partial charge in [-0.2, -0.15) is 0 Å². The highest BCUT2D eigenvalue weighted by Gasteiger charge is 2.36. The maximum absolute atomic E-state index is 11.5. The van der Waals surface area contributed by atoms with Gasteiger partial charge in [0.15, 0.2) is 0 Å². The first-order valence-corrected chi connectivity index (χ1v) is 5.05. The smallest absolute Gasteiger partial charge is 0.136 e. The highest BCUT2D eigenvalue weighted by atomic mass is 35.5. The van der Waals surface area contributed by atoms with E-state index in [1.807, 2.05) is 0 Å². The average molecular weight is 204 g/mol. The van der Waals surface area contributed by atoms with Crippen LogP contribution in [0, 0.1) is 11.8 Å². The summed E-state index contributed by atoms with van der Waals surface area (Å²) in [6, 6.07) is 0.563. The van der Waals surface area contributed by atoms with Crippen molar-refractivity contribution in [3.63, 3.8) is 0 Å². The molecule has 0 radical (unpaired) electrons. The number of nitrogens with one attached hydrogen (secondary N) is 1. The molecule has 0 aromatic carbocycles. The Bertz CT molecular complexity index is 195. The number of Topliss-reactive ketones (excluding diaryl/α,β-unsaturated/α-hetero) is 1. The van der Waals surface area contributed by atoms with Gasteiger partial charge in [-0.05, 0) is 38.6 Å². The Balaban J connectivity index is 0.000000845. The number of halogens is 1. The van der Waals surface area contributed by atoms with Gasteiger partial charge in [-0.1, -0.05) is 0 Å². The molecular formula is C10H18ClNO. The van der Waals surface area contributed by atoms with Crippen molar-refractivity contribution in [2.24, 2.45) is 11.8 Å². The van der Waals surface area contributed by atoms with Crippen molar-refractivity contribution in [1.29, 1.82) is 0 Å². The lowest BCUT2D eigenvalue weighted by Crippen LogP contribution is -2.48. The number of carbonyl (C=O) groups excluding carboxylic acids is 1. The third-order valence-corrected chi connectivity index (χ3v) is 3.45. The first-order valence-electron chi connectivity index (χ1n) is 5.05. The second-order valence-corrected chi connectivity index (χ2v) is 4.16. The molecule has 1 saturated carbocycles. The minimum absolute atomic E-state index is 0. The quantitative estimate of drug-likeness (QED) is 0.651. The van der Waals surface area contributed by atoms with Crippen LogP contribution < -0.4 is 5.32 Å². The van der Waals surface area contributed by atoms with Crippen LogP contribution in [0.4, 0.5) is 0 Å². The van der Waals surface area contributed by atoms with Gasteiger partial charge in [-0.15, -0.1) is 12.4 Å². The van der Waals surface area contributed by atoms with Gasteiger partial charge < -0.3 is 5.32 Å². The summed E-state index contributed by atoms with van der Waals surface area (Å²) in [5.74, 6) is 1.56. The summed E-state index contributed by atoms with van der Waals surface area (Å²) < 4.78 is 0. The van der Waals surface area contributed by atoms with Crippen LogP contribution in [-0.2, 0) is 4.79 Å². The van der Waals surface area contributed by atoms with Gasteiger partial charge in [0.1, 0.15) is 5.78 Å². The summed E-state index contributed by atoms with van der Waals surface area (Å²) in [5.41, 5.74) is 0. The minimum atomic E-state index is 0. The van der Waals surface area contributed by atoms with Crippen molar-refractivity contribution in [2.45, 2.75) is 38.6 Å². The molecule has 2 nitrogen and oxygen atoms in total. The van der Waals surface area contributed by atoms with Gasteiger partial charge in [0.05, 0.1) is 0 Å². The monoisotopic (exact) mass is 203 g/mol.